The van der Waals surface area contributed by atoms with Crippen LogP contribution in [0.3, 0.4) is 0 Å². The van der Waals surface area contributed by atoms with Crippen LogP contribution in [0.25, 0.3) is 0 Å². The van der Waals surface area contributed by atoms with Gasteiger partial charge in [0, 0.05) is 0 Å². The van der Waals surface area contributed by atoms with Crippen molar-refractivity contribution in [3.8, 4) is 5.75 Å². The van der Waals surface area contributed by atoms with Gasteiger partial charge in [-0.05, 0) is 30.7 Å². The highest BCUT2D eigenvalue weighted by Gasteiger charge is 2.08. The molecule has 0 atom stereocenters. The zero-order chi connectivity index (χ0) is 12.3. The van der Waals surface area contributed by atoms with E-state index in [2.05, 4.69) is 10.1 Å². The van der Waals surface area contributed by atoms with Gasteiger partial charge in [0.05, 0.1) is 5.56 Å². The van der Waals surface area contributed by atoms with Gasteiger partial charge in [-0.3, -0.25) is 0 Å². The molecule has 17 heavy (non-hydrogen) atoms. The number of aromatic nitrogens is 2. The number of hydrogen-bond acceptors (Lipinski definition) is 5. The van der Waals surface area contributed by atoms with Crippen LogP contribution in [0.2, 0.25) is 0 Å². The number of carboxylic acid groups (broad SMARTS) is 1. The van der Waals surface area contributed by atoms with Gasteiger partial charge in [0.15, 0.2) is 12.9 Å². The van der Waals surface area contributed by atoms with Crippen LogP contribution < -0.4 is 4.74 Å². The number of hydrogen-bond donors (Lipinski definition) is 1. The van der Waals surface area contributed by atoms with Crippen molar-refractivity contribution in [1.29, 1.82) is 0 Å². The molecule has 1 heterocycles. The Labute approximate surface area is 96.8 Å². The Hall–Kier alpha value is -2.37. The first-order valence-electron chi connectivity index (χ1n) is 4.89. The van der Waals surface area contributed by atoms with E-state index in [0.29, 0.717) is 17.2 Å². The van der Waals surface area contributed by atoms with E-state index in [9.17, 15) is 4.79 Å². The van der Waals surface area contributed by atoms with Crippen LogP contribution in [0.1, 0.15) is 21.8 Å². The van der Waals surface area contributed by atoms with Crippen LogP contribution in [-0.4, -0.2) is 21.2 Å². The van der Waals surface area contributed by atoms with E-state index < -0.39 is 5.97 Å². The maximum absolute atomic E-state index is 10.8. The molecule has 0 saturated carbocycles. The second-order valence-electron chi connectivity index (χ2n) is 3.41. The molecule has 1 N–H and O–H groups in total. The molecule has 88 valence electrons. The number of aryl methyl sites for hydroxylation is 1. The molecule has 2 aromatic rings. The summed E-state index contributed by atoms with van der Waals surface area (Å²) in [6.07, 6.45) is 1.29. The van der Waals surface area contributed by atoms with E-state index in [4.69, 9.17) is 14.4 Å². The minimum atomic E-state index is -0.953. The third-order valence-corrected chi connectivity index (χ3v) is 2.20. The van der Waals surface area contributed by atoms with E-state index in [-0.39, 0.29) is 12.2 Å². The summed E-state index contributed by atoms with van der Waals surface area (Å²) in [7, 11) is 0. The summed E-state index contributed by atoms with van der Waals surface area (Å²) >= 11 is 0. The average molecular weight is 234 g/mol. The first-order chi connectivity index (χ1) is 8.16. The van der Waals surface area contributed by atoms with Gasteiger partial charge in [0.2, 0.25) is 0 Å². The molecule has 0 spiro atoms. The summed E-state index contributed by atoms with van der Waals surface area (Å²) in [5.41, 5.74) is 0.899. The molecule has 2 rings (SSSR count). The molecule has 0 aliphatic heterocycles. The molecule has 1 aromatic heterocycles. The van der Waals surface area contributed by atoms with E-state index >= 15 is 0 Å². The molecule has 1 aromatic carbocycles. The number of benzene rings is 1. The molecule has 0 aliphatic carbocycles. The Bertz CT molecular complexity index is 522. The summed E-state index contributed by atoms with van der Waals surface area (Å²) in [6.45, 7) is 1.87. The second kappa shape index (κ2) is 4.65. The molecule has 0 bridgehead atoms. The number of aromatic carboxylic acids is 1. The molecule has 6 heteroatoms. The van der Waals surface area contributed by atoms with Crippen molar-refractivity contribution in [2.75, 3.05) is 0 Å². The molecule has 0 fully saturated rings. The zero-order valence-corrected chi connectivity index (χ0v) is 9.08. The zero-order valence-electron chi connectivity index (χ0n) is 9.08. The van der Waals surface area contributed by atoms with Gasteiger partial charge in [0.25, 0.3) is 5.89 Å². The number of rotatable bonds is 4. The smallest absolute Gasteiger partial charge is 0.335 e. The Morgan fingerprint density at radius 1 is 1.53 bits per heavy atom. The normalized spacial score (nSPS) is 10.2. The Morgan fingerprint density at radius 2 is 2.35 bits per heavy atom. The largest absolute Gasteiger partial charge is 0.484 e. The highest BCUT2D eigenvalue weighted by atomic mass is 16.5. The lowest BCUT2D eigenvalue weighted by Crippen LogP contribution is -2.01. The van der Waals surface area contributed by atoms with Gasteiger partial charge >= 0.3 is 5.97 Å². The van der Waals surface area contributed by atoms with Crippen molar-refractivity contribution in [3.63, 3.8) is 0 Å². The number of nitrogens with zero attached hydrogens (tertiary/aromatic N) is 2. The van der Waals surface area contributed by atoms with Crippen LogP contribution in [0, 0.1) is 6.92 Å². The van der Waals surface area contributed by atoms with Gasteiger partial charge < -0.3 is 14.4 Å². The fourth-order valence-corrected chi connectivity index (χ4v) is 1.37. The Balaban J connectivity index is 2.07. The third-order valence-electron chi connectivity index (χ3n) is 2.20. The lowest BCUT2D eigenvalue weighted by atomic mass is 10.1. The quantitative estimate of drug-likeness (QED) is 0.865. The molecule has 0 radical (unpaired) electrons. The molecule has 0 aliphatic rings. The molecule has 0 saturated heterocycles. The van der Waals surface area contributed by atoms with E-state index in [1.807, 2.05) is 0 Å². The first-order valence-corrected chi connectivity index (χ1v) is 4.89. The van der Waals surface area contributed by atoms with Crippen molar-refractivity contribution in [2.45, 2.75) is 13.5 Å². The van der Waals surface area contributed by atoms with Crippen molar-refractivity contribution in [2.24, 2.45) is 0 Å². The standard InChI is InChI=1S/C11H10N2O4/c1-7-4-8(2-3-9(7)11(14)15)16-5-10-12-6-13-17-10/h2-4,6H,5H2,1H3,(H,14,15). The first kappa shape index (κ1) is 11.1. The topological polar surface area (TPSA) is 85.5 Å². The SMILES string of the molecule is Cc1cc(OCc2ncno2)ccc1C(=O)O. The van der Waals surface area contributed by atoms with Crippen LogP contribution in [0.5, 0.6) is 5.75 Å². The summed E-state index contributed by atoms with van der Waals surface area (Å²) in [6, 6.07) is 4.74. The van der Waals surface area contributed by atoms with Crippen molar-refractivity contribution in [1.82, 2.24) is 10.1 Å². The van der Waals surface area contributed by atoms with Gasteiger partial charge in [0.1, 0.15) is 5.75 Å². The summed E-state index contributed by atoms with van der Waals surface area (Å²) in [5, 5.41) is 12.3. The molecule has 0 amide bonds. The highest BCUT2D eigenvalue weighted by Crippen LogP contribution is 2.18. The summed E-state index contributed by atoms with van der Waals surface area (Å²) in [5.74, 6) is -0.0263. The number of ether oxygens (including phenoxy) is 1. The van der Waals surface area contributed by atoms with Gasteiger partial charge in [-0.15, -0.1) is 0 Å². The van der Waals surface area contributed by atoms with Gasteiger partial charge in [-0.1, -0.05) is 5.16 Å². The van der Waals surface area contributed by atoms with E-state index in [0.717, 1.165) is 0 Å². The van der Waals surface area contributed by atoms with Gasteiger partial charge in [-0.2, -0.15) is 4.98 Å². The maximum Gasteiger partial charge on any atom is 0.335 e. The van der Waals surface area contributed by atoms with Crippen molar-refractivity contribution in [3.05, 3.63) is 41.5 Å². The summed E-state index contributed by atoms with van der Waals surface area (Å²) < 4.78 is 10.1. The van der Waals surface area contributed by atoms with Crippen LogP contribution in [-0.2, 0) is 6.61 Å². The monoisotopic (exact) mass is 234 g/mol. The second-order valence-corrected chi connectivity index (χ2v) is 3.41. The molecule has 0 unspecified atom stereocenters. The molecule has 6 nitrogen and oxygen atoms in total. The fourth-order valence-electron chi connectivity index (χ4n) is 1.37. The summed E-state index contributed by atoms with van der Waals surface area (Å²) in [4.78, 5) is 14.6. The predicted molar refractivity (Wildman–Crippen MR) is 56.8 cm³/mol. The van der Waals surface area contributed by atoms with Crippen LogP contribution in [0.4, 0.5) is 0 Å². The van der Waals surface area contributed by atoms with Crippen LogP contribution in [0.15, 0.2) is 29.0 Å². The predicted octanol–water partition coefficient (Wildman–Crippen LogP) is 1.66. The molecular formula is C11H10N2O4. The van der Waals surface area contributed by atoms with Crippen molar-refractivity contribution >= 4 is 5.97 Å². The maximum atomic E-state index is 10.8. The lowest BCUT2D eigenvalue weighted by Gasteiger charge is -2.06. The van der Waals surface area contributed by atoms with E-state index in [1.165, 1.54) is 12.4 Å². The van der Waals surface area contributed by atoms with Crippen LogP contribution >= 0.6 is 0 Å². The Kier molecular flexibility index (Phi) is 3.04. The van der Waals surface area contributed by atoms with E-state index in [1.54, 1.807) is 19.1 Å². The third kappa shape index (κ3) is 2.60. The minimum Gasteiger partial charge on any atom is -0.484 e. The number of carboxylic acids is 1. The highest BCUT2D eigenvalue weighted by molar-refractivity contribution is 5.89. The minimum absolute atomic E-state index is 0.159. The van der Waals surface area contributed by atoms with Crippen molar-refractivity contribution < 1.29 is 19.2 Å². The lowest BCUT2D eigenvalue weighted by molar-refractivity contribution is 0.0696. The number of carbonyl (C=O) groups is 1. The Morgan fingerprint density at radius 3 is 2.94 bits per heavy atom. The van der Waals surface area contributed by atoms with Gasteiger partial charge in [-0.25, -0.2) is 4.79 Å². The average Bonchev–Trinajstić information content (AvgIpc) is 2.78. The fraction of sp³-hybridized carbons (Fsp3) is 0.182. The molecular weight excluding hydrogens is 224 g/mol.